The van der Waals surface area contributed by atoms with Gasteiger partial charge in [-0.05, 0) is 30.7 Å². The van der Waals surface area contributed by atoms with Crippen LogP contribution in [0.4, 0.5) is 0 Å². The van der Waals surface area contributed by atoms with E-state index in [1.807, 2.05) is 25.1 Å². The number of hydrogen-bond acceptors (Lipinski definition) is 2. The summed E-state index contributed by atoms with van der Waals surface area (Å²) in [5.41, 5.74) is 1.21. The molecule has 15 heavy (non-hydrogen) atoms. The fourth-order valence-corrected chi connectivity index (χ4v) is 1.96. The Hall–Kier alpha value is -0.860. The summed E-state index contributed by atoms with van der Waals surface area (Å²) in [7, 11) is 0. The molecule has 0 heterocycles. The lowest BCUT2D eigenvalue weighted by Crippen LogP contribution is -2.07. The van der Waals surface area contributed by atoms with Crippen molar-refractivity contribution in [1.82, 2.24) is 0 Å². The number of benzene rings is 1. The van der Waals surface area contributed by atoms with E-state index in [9.17, 15) is 5.11 Å². The molecule has 0 aliphatic heterocycles. The lowest BCUT2D eigenvalue weighted by Gasteiger charge is -2.05. The molecule has 1 aliphatic carbocycles. The highest BCUT2D eigenvalue weighted by Crippen LogP contribution is 2.41. The second-order valence-corrected chi connectivity index (χ2v) is 4.40. The van der Waals surface area contributed by atoms with Crippen molar-refractivity contribution in [2.75, 3.05) is 6.61 Å². The minimum atomic E-state index is -0.171. The van der Waals surface area contributed by atoms with Gasteiger partial charge in [0.1, 0.15) is 0 Å². The summed E-state index contributed by atoms with van der Waals surface area (Å²) in [6, 6.07) is 10.2. The van der Waals surface area contributed by atoms with Crippen LogP contribution in [-0.4, -0.2) is 17.8 Å². The van der Waals surface area contributed by atoms with Crippen molar-refractivity contribution in [2.45, 2.75) is 26.1 Å². The molecule has 2 heteroatoms. The molecule has 0 saturated heterocycles. The van der Waals surface area contributed by atoms with E-state index in [1.54, 1.807) is 0 Å². The molecule has 3 atom stereocenters. The molecule has 1 saturated carbocycles. The number of hydrogen-bond donors (Lipinski definition) is 1. The predicted molar refractivity (Wildman–Crippen MR) is 59.4 cm³/mol. The van der Waals surface area contributed by atoms with Crippen molar-refractivity contribution in [2.24, 2.45) is 11.8 Å². The van der Waals surface area contributed by atoms with E-state index in [4.69, 9.17) is 4.74 Å². The van der Waals surface area contributed by atoms with E-state index in [2.05, 4.69) is 12.1 Å². The number of ether oxygens (including phenoxy) is 1. The predicted octanol–water partition coefficient (Wildman–Crippen LogP) is 2.22. The lowest BCUT2D eigenvalue weighted by molar-refractivity contribution is 0.0943. The van der Waals surface area contributed by atoms with Crippen LogP contribution in [-0.2, 0) is 11.3 Å². The summed E-state index contributed by atoms with van der Waals surface area (Å²) in [6.07, 6.45) is 0.947. The molecule has 0 radical (unpaired) electrons. The Morgan fingerprint density at radius 1 is 1.40 bits per heavy atom. The van der Waals surface area contributed by atoms with Crippen molar-refractivity contribution in [1.29, 1.82) is 0 Å². The molecule has 0 aromatic heterocycles. The van der Waals surface area contributed by atoms with E-state index in [0.29, 0.717) is 18.4 Å². The van der Waals surface area contributed by atoms with Gasteiger partial charge in [0.2, 0.25) is 0 Å². The molecule has 0 amide bonds. The standard InChI is InChI=1S/C13H18O2/c1-10(14)13-7-12(13)9-15-8-11-5-3-2-4-6-11/h2-6,10,12-14H,7-9H2,1H3/t10-,12+,13-/m1/s1. The second kappa shape index (κ2) is 4.77. The fourth-order valence-electron chi connectivity index (χ4n) is 1.96. The third-order valence-electron chi connectivity index (χ3n) is 3.04. The van der Waals surface area contributed by atoms with Crippen LogP contribution in [0.15, 0.2) is 30.3 Å². The number of aliphatic hydroxyl groups is 1. The van der Waals surface area contributed by atoms with E-state index in [0.717, 1.165) is 13.0 Å². The fraction of sp³-hybridized carbons (Fsp3) is 0.538. The van der Waals surface area contributed by atoms with Crippen LogP contribution in [0.25, 0.3) is 0 Å². The first-order valence-electron chi connectivity index (χ1n) is 5.57. The SMILES string of the molecule is C[C@@H](O)[C@H]1C[C@H]1COCc1ccccc1. The van der Waals surface area contributed by atoms with Gasteiger partial charge >= 0.3 is 0 Å². The van der Waals surface area contributed by atoms with Crippen molar-refractivity contribution >= 4 is 0 Å². The van der Waals surface area contributed by atoms with E-state index in [1.165, 1.54) is 5.56 Å². The Balaban J connectivity index is 1.65. The molecule has 1 fully saturated rings. The third kappa shape index (κ3) is 3.05. The molecule has 1 aliphatic rings. The van der Waals surface area contributed by atoms with Gasteiger partial charge in [-0.25, -0.2) is 0 Å². The van der Waals surface area contributed by atoms with E-state index in [-0.39, 0.29) is 6.10 Å². The van der Waals surface area contributed by atoms with Crippen LogP contribution in [0.2, 0.25) is 0 Å². The topological polar surface area (TPSA) is 29.5 Å². The summed E-state index contributed by atoms with van der Waals surface area (Å²) < 4.78 is 5.61. The van der Waals surface area contributed by atoms with Gasteiger partial charge in [-0.3, -0.25) is 0 Å². The molecule has 1 N–H and O–H groups in total. The van der Waals surface area contributed by atoms with E-state index >= 15 is 0 Å². The first-order valence-corrected chi connectivity index (χ1v) is 5.57. The van der Waals surface area contributed by atoms with Gasteiger partial charge in [-0.1, -0.05) is 30.3 Å². The van der Waals surface area contributed by atoms with Crippen LogP contribution in [0.1, 0.15) is 18.9 Å². The molecule has 1 aromatic rings. The average Bonchev–Trinajstić information content (AvgIpc) is 2.99. The Bertz CT molecular complexity index is 295. The summed E-state index contributed by atoms with van der Waals surface area (Å²) in [6.45, 7) is 3.33. The van der Waals surface area contributed by atoms with Gasteiger partial charge in [0.05, 0.1) is 19.3 Å². The van der Waals surface area contributed by atoms with E-state index < -0.39 is 0 Å². The molecule has 0 spiro atoms. The highest BCUT2D eigenvalue weighted by molar-refractivity contribution is 5.13. The van der Waals surface area contributed by atoms with Gasteiger partial charge in [-0.15, -0.1) is 0 Å². The van der Waals surface area contributed by atoms with Crippen LogP contribution < -0.4 is 0 Å². The molecule has 0 unspecified atom stereocenters. The molecule has 2 rings (SSSR count). The van der Waals surface area contributed by atoms with Crippen molar-refractivity contribution < 1.29 is 9.84 Å². The van der Waals surface area contributed by atoms with Crippen molar-refractivity contribution in [3.05, 3.63) is 35.9 Å². The number of aliphatic hydroxyl groups excluding tert-OH is 1. The zero-order chi connectivity index (χ0) is 10.7. The van der Waals surface area contributed by atoms with Crippen LogP contribution in [0.5, 0.6) is 0 Å². The molecule has 82 valence electrons. The maximum atomic E-state index is 9.32. The molecule has 0 bridgehead atoms. The minimum absolute atomic E-state index is 0.171. The average molecular weight is 206 g/mol. The lowest BCUT2D eigenvalue weighted by atomic mass is 10.2. The zero-order valence-corrected chi connectivity index (χ0v) is 9.10. The van der Waals surface area contributed by atoms with Crippen LogP contribution in [0.3, 0.4) is 0 Å². The van der Waals surface area contributed by atoms with Crippen LogP contribution in [0, 0.1) is 11.8 Å². The first kappa shape index (κ1) is 10.7. The summed E-state index contributed by atoms with van der Waals surface area (Å²) >= 11 is 0. The van der Waals surface area contributed by atoms with Gasteiger partial charge in [0.25, 0.3) is 0 Å². The molecular formula is C13H18O2. The highest BCUT2D eigenvalue weighted by Gasteiger charge is 2.40. The third-order valence-corrected chi connectivity index (χ3v) is 3.04. The van der Waals surface area contributed by atoms with Gasteiger partial charge in [-0.2, -0.15) is 0 Å². The smallest absolute Gasteiger partial charge is 0.0717 e. The highest BCUT2D eigenvalue weighted by atomic mass is 16.5. The maximum absolute atomic E-state index is 9.32. The van der Waals surface area contributed by atoms with Crippen molar-refractivity contribution in [3.8, 4) is 0 Å². The first-order chi connectivity index (χ1) is 7.27. The monoisotopic (exact) mass is 206 g/mol. The Kier molecular flexibility index (Phi) is 3.39. The molecule has 2 nitrogen and oxygen atoms in total. The maximum Gasteiger partial charge on any atom is 0.0717 e. The summed E-state index contributed by atoms with van der Waals surface area (Å²) in [4.78, 5) is 0. The summed E-state index contributed by atoms with van der Waals surface area (Å²) in [5.74, 6) is 1.05. The molecular weight excluding hydrogens is 188 g/mol. The zero-order valence-electron chi connectivity index (χ0n) is 9.10. The van der Waals surface area contributed by atoms with Crippen LogP contribution >= 0.6 is 0 Å². The summed E-state index contributed by atoms with van der Waals surface area (Å²) in [5, 5.41) is 9.32. The Morgan fingerprint density at radius 2 is 2.13 bits per heavy atom. The molecule has 1 aromatic carbocycles. The second-order valence-electron chi connectivity index (χ2n) is 4.40. The van der Waals surface area contributed by atoms with Gasteiger partial charge in [0, 0.05) is 0 Å². The largest absolute Gasteiger partial charge is 0.393 e. The quantitative estimate of drug-likeness (QED) is 0.800. The number of rotatable bonds is 5. The van der Waals surface area contributed by atoms with Gasteiger partial charge < -0.3 is 9.84 Å². The van der Waals surface area contributed by atoms with Gasteiger partial charge in [0.15, 0.2) is 0 Å². The Labute approximate surface area is 90.9 Å². The normalized spacial score (nSPS) is 26.3. The minimum Gasteiger partial charge on any atom is -0.393 e. The van der Waals surface area contributed by atoms with Crippen molar-refractivity contribution in [3.63, 3.8) is 0 Å². The Morgan fingerprint density at radius 3 is 2.73 bits per heavy atom.